The van der Waals surface area contributed by atoms with E-state index >= 15 is 0 Å². The third-order valence-electron chi connectivity index (χ3n) is 7.00. The first kappa shape index (κ1) is 30.4. The van der Waals surface area contributed by atoms with Crippen molar-refractivity contribution in [1.29, 1.82) is 0 Å². The zero-order valence-electron chi connectivity index (χ0n) is 22.3. The Balaban J connectivity index is 1.77. The van der Waals surface area contributed by atoms with Gasteiger partial charge in [-0.25, -0.2) is 9.67 Å². The number of hydrogen-bond donors (Lipinski definition) is 2. The van der Waals surface area contributed by atoms with Crippen molar-refractivity contribution >= 4 is 50.7 Å². The lowest BCUT2D eigenvalue weighted by Gasteiger charge is -2.38. The second kappa shape index (κ2) is 11.0. The number of anilines is 1. The smallest absolute Gasteiger partial charge is 0.417 e. The van der Waals surface area contributed by atoms with Crippen LogP contribution in [0.2, 0.25) is 0 Å². The Morgan fingerprint density at radius 3 is 2.40 bits per heavy atom. The number of carbonyl (C=O) groups is 2. The molecule has 1 aliphatic rings. The van der Waals surface area contributed by atoms with Gasteiger partial charge in [-0.2, -0.15) is 13.2 Å². The van der Waals surface area contributed by atoms with Gasteiger partial charge in [-0.05, 0) is 56.4 Å². The van der Waals surface area contributed by atoms with Crippen LogP contribution in [-0.2, 0) is 15.8 Å². The zero-order chi connectivity index (χ0) is 29.6. The average Bonchev–Trinajstić information content (AvgIpc) is 3.40. The van der Waals surface area contributed by atoms with Crippen LogP contribution in [0, 0.1) is 11.8 Å². The maximum Gasteiger partial charge on any atom is 0.417 e. The summed E-state index contributed by atoms with van der Waals surface area (Å²) in [5.74, 6) is -0.855. The topological polar surface area (TPSA) is 98.1 Å². The van der Waals surface area contributed by atoms with E-state index in [4.69, 9.17) is 4.74 Å². The summed E-state index contributed by atoms with van der Waals surface area (Å²) >= 11 is 0. The van der Waals surface area contributed by atoms with E-state index in [0.29, 0.717) is 17.0 Å². The number of carbonyl (C=O) groups excluding carboxylic acids is 2. The number of pyridine rings is 1. The van der Waals surface area contributed by atoms with Crippen molar-refractivity contribution in [1.82, 2.24) is 20.1 Å². The molecule has 14 heteroatoms. The molecule has 3 unspecified atom stereocenters. The van der Waals surface area contributed by atoms with Crippen molar-refractivity contribution in [3.05, 3.63) is 48.2 Å². The van der Waals surface area contributed by atoms with Gasteiger partial charge in [-0.15, -0.1) is 32.8 Å². The van der Waals surface area contributed by atoms with Crippen LogP contribution >= 0.6 is 27.7 Å². The SMILES string of the molecule is C[C@H]1C(=O)NC[C@@H]1C(=O)Nc1cc(-c2cc(P)cc(OC(C)(C)C(C)(P)P)c2)n(-c2ccc(C(F)(F)F)cn2)n1. The predicted octanol–water partition coefficient (Wildman–Crippen LogP) is 4.40. The fraction of sp³-hybridized carbons (Fsp3) is 0.385. The van der Waals surface area contributed by atoms with Gasteiger partial charge in [-0.3, -0.25) is 9.59 Å². The minimum absolute atomic E-state index is 0.119. The zero-order valence-corrected chi connectivity index (χ0v) is 25.8. The first-order valence-electron chi connectivity index (χ1n) is 12.4. The number of alkyl halides is 3. The Morgan fingerprint density at radius 2 is 1.85 bits per heavy atom. The molecule has 8 nitrogen and oxygen atoms in total. The summed E-state index contributed by atoms with van der Waals surface area (Å²) in [6.07, 6.45) is -3.81. The molecule has 0 aliphatic carbocycles. The van der Waals surface area contributed by atoms with Crippen LogP contribution in [0.1, 0.15) is 33.3 Å². The Hall–Kier alpha value is -2.60. The maximum absolute atomic E-state index is 13.2. The monoisotopic (exact) mass is 611 g/mol. The molecule has 5 atom stereocenters. The number of rotatable bonds is 7. The highest BCUT2D eigenvalue weighted by molar-refractivity contribution is 7.40. The van der Waals surface area contributed by atoms with E-state index in [1.807, 2.05) is 32.9 Å². The summed E-state index contributed by atoms with van der Waals surface area (Å²) in [5.41, 5.74) is -0.403. The first-order chi connectivity index (χ1) is 18.5. The number of hydrogen-bond acceptors (Lipinski definition) is 5. The van der Waals surface area contributed by atoms with Crippen LogP contribution in [-0.4, -0.2) is 43.6 Å². The fourth-order valence-corrected chi connectivity index (χ4v) is 4.47. The lowest BCUT2D eigenvalue weighted by atomic mass is 9.97. The van der Waals surface area contributed by atoms with Gasteiger partial charge in [0, 0.05) is 35.2 Å². The molecule has 3 heterocycles. The molecule has 0 radical (unpaired) electrons. The van der Waals surface area contributed by atoms with Crippen molar-refractivity contribution in [3.63, 3.8) is 0 Å². The molecule has 3 aromatic rings. The Morgan fingerprint density at radius 1 is 1.15 bits per heavy atom. The molecule has 1 saturated heterocycles. The molecule has 2 N–H and O–H groups in total. The molecular weight excluding hydrogens is 580 g/mol. The van der Waals surface area contributed by atoms with E-state index in [9.17, 15) is 22.8 Å². The summed E-state index contributed by atoms with van der Waals surface area (Å²) < 4.78 is 47.2. The minimum atomic E-state index is -4.54. The second-order valence-electron chi connectivity index (χ2n) is 10.5. The second-order valence-corrected chi connectivity index (χ2v) is 14.3. The number of nitrogens with one attached hydrogen (secondary N) is 2. The predicted molar refractivity (Wildman–Crippen MR) is 158 cm³/mol. The summed E-state index contributed by atoms with van der Waals surface area (Å²) in [6, 6.07) is 9.23. The van der Waals surface area contributed by atoms with Gasteiger partial charge in [0.15, 0.2) is 11.6 Å². The molecule has 1 fully saturated rings. The Labute approximate surface area is 237 Å². The van der Waals surface area contributed by atoms with E-state index in [-0.39, 0.29) is 29.0 Å². The molecule has 0 bridgehead atoms. The van der Waals surface area contributed by atoms with Crippen LogP contribution in [0.5, 0.6) is 5.75 Å². The van der Waals surface area contributed by atoms with Crippen molar-refractivity contribution < 1.29 is 27.5 Å². The third-order valence-corrected chi connectivity index (χ3v) is 8.72. The molecule has 40 heavy (non-hydrogen) atoms. The van der Waals surface area contributed by atoms with Gasteiger partial charge in [0.1, 0.15) is 11.4 Å². The average molecular weight is 611 g/mol. The largest absolute Gasteiger partial charge is 0.487 e. The lowest BCUT2D eigenvalue weighted by molar-refractivity contribution is -0.137. The van der Waals surface area contributed by atoms with Crippen LogP contribution in [0.3, 0.4) is 0 Å². The fourth-order valence-electron chi connectivity index (χ4n) is 4.00. The number of ether oxygens (including phenoxy) is 1. The van der Waals surface area contributed by atoms with Crippen molar-refractivity contribution in [2.24, 2.45) is 11.8 Å². The molecule has 1 aromatic carbocycles. The highest BCUT2D eigenvalue weighted by atomic mass is 31.1. The van der Waals surface area contributed by atoms with Crippen LogP contribution < -0.4 is 20.7 Å². The van der Waals surface area contributed by atoms with Crippen molar-refractivity contribution in [2.45, 2.75) is 44.4 Å². The molecule has 2 aromatic heterocycles. The first-order valence-corrected chi connectivity index (χ1v) is 14.1. The number of aromatic nitrogens is 3. The highest BCUT2D eigenvalue weighted by Crippen LogP contribution is 2.41. The summed E-state index contributed by atoms with van der Waals surface area (Å²) in [4.78, 5) is 28.5. The van der Waals surface area contributed by atoms with Crippen LogP contribution in [0.4, 0.5) is 19.0 Å². The number of benzene rings is 1. The molecule has 0 spiro atoms. The van der Waals surface area contributed by atoms with Crippen molar-refractivity contribution in [3.8, 4) is 22.8 Å². The molecule has 214 valence electrons. The highest BCUT2D eigenvalue weighted by Gasteiger charge is 2.37. The summed E-state index contributed by atoms with van der Waals surface area (Å²) in [5, 5.41) is 10.7. The van der Waals surface area contributed by atoms with Crippen molar-refractivity contribution in [2.75, 3.05) is 11.9 Å². The van der Waals surface area contributed by atoms with Gasteiger partial charge in [0.25, 0.3) is 0 Å². The van der Waals surface area contributed by atoms with E-state index < -0.39 is 35.1 Å². The Kier molecular flexibility index (Phi) is 8.35. The van der Waals surface area contributed by atoms with E-state index in [1.165, 1.54) is 10.7 Å². The molecule has 1 aliphatic heterocycles. The number of amides is 2. The standard InChI is InChI=1S/C26H31F3N5O3P3/c1-13-18(12-31-22(13)35)23(36)32-20-10-19(34(33-20)21-6-5-15(11-30-21)26(27,28)29)14-7-16(9-17(38)8-14)37-24(2,3)25(4,39)40/h5-11,13,18H,12,38-40H2,1-4H3,(H,31,35)(H,32,33,36)/t13-,18+/m1/s1. The van der Waals surface area contributed by atoms with Crippen LogP contribution in [0.15, 0.2) is 42.6 Å². The normalized spacial score (nSPS) is 18.0. The van der Waals surface area contributed by atoms with Gasteiger partial charge in [-0.1, -0.05) is 6.92 Å². The summed E-state index contributed by atoms with van der Waals surface area (Å²) in [6.45, 7) is 7.79. The maximum atomic E-state index is 13.2. The summed E-state index contributed by atoms with van der Waals surface area (Å²) in [7, 11) is 8.11. The number of halogens is 3. The number of nitrogens with zero attached hydrogens (tertiary/aromatic N) is 3. The minimum Gasteiger partial charge on any atom is -0.487 e. The third kappa shape index (κ3) is 6.48. The van der Waals surface area contributed by atoms with Gasteiger partial charge >= 0.3 is 6.18 Å². The lowest BCUT2D eigenvalue weighted by Crippen LogP contribution is -2.43. The van der Waals surface area contributed by atoms with Crippen LogP contribution in [0.25, 0.3) is 17.1 Å². The van der Waals surface area contributed by atoms with Gasteiger partial charge in [0.2, 0.25) is 11.8 Å². The molecular formula is C26H31F3N5O3P3. The van der Waals surface area contributed by atoms with Gasteiger partial charge in [0.05, 0.1) is 17.2 Å². The Bertz CT molecular complexity index is 1440. The quantitative estimate of drug-likeness (QED) is 0.387. The molecule has 2 amide bonds. The van der Waals surface area contributed by atoms with E-state index in [2.05, 4.69) is 48.4 Å². The molecule has 4 rings (SSSR count). The van der Waals surface area contributed by atoms with Gasteiger partial charge < -0.3 is 15.4 Å². The van der Waals surface area contributed by atoms with E-state index in [1.54, 1.807) is 19.1 Å². The van der Waals surface area contributed by atoms with E-state index in [0.717, 1.165) is 17.6 Å². The molecule has 0 saturated carbocycles.